The fourth-order valence-electron chi connectivity index (χ4n) is 7.03. The molecule has 45 heavy (non-hydrogen) atoms. The van der Waals surface area contributed by atoms with Gasteiger partial charge in [-0.05, 0) is 81.3 Å². The lowest BCUT2D eigenvalue weighted by Crippen LogP contribution is -2.08. The summed E-state index contributed by atoms with van der Waals surface area (Å²) in [6.45, 7) is 2.31. The van der Waals surface area contributed by atoms with Gasteiger partial charge in [-0.2, -0.15) is 0 Å². The molecule has 0 radical (unpaired) electrons. The first kappa shape index (κ1) is 27.6. The van der Waals surface area contributed by atoms with Gasteiger partial charge < -0.3 is 4.57 Å². The molecule has 0 saturated heterocycles. The van der Waals surface area contributed by atoms with E-state index in [1.807, 2.05) is 0 Å². The first-order valence-corrected chi connectivity index (χ1v) is 16.4. The third kappa shape index (κ3) is 4.96. The van der Waals surface area contributed by atoms with Gasteiger partial charge in [-0.25, -0.2) is 0 Å². The summed E-state index contributed by atoms with van der Waals surface area (Å²) < 4.78 is 3.52. The molecule has 0 spiro atoms. The van der Waals surface area contributed by atoms with Gasteiger partial charge in [-0.1, -0.05) is 150 Å². The lowest BCUT2D eigenvalue weighted by atomic mass is 9.81. The predicted molar refractivity (Wildman–Crippen MR) is 195 cm³/mol. The van der Waals surface area contributed by atoms with Crippen LogP contribution in [0.5, 0.6) is 0 Å². The number of allylic oxidation sites excluding steroid dienone is 4. The fourth-order valence-corrected chi connectivity index (χ4v) is 7.43. The first-order valence-electron chi connectivity index (χ1n) is 15.6. The topological polar surface area (TPSA) is 4.93 Å². The molecular weight excluding hydrogens is 610 g/mol. The third-order valence-corrected chi connectivity index (χ3v) is 9.69. The van der Waals surface area contributed by atoms with Gasteiger partial charge in [-0.3, -0.25) is 0 Å². The summed E-state index contributed by atoms with van der Waals surface area (Å²) in [5.74, 6) is 0.811. The number of para-hydroxylation sites is 1. The normalized spacial score (nSPS) is 16.0. The molecule has 216 valence electrons. The van der Waals surface area contributed by atoms with Crippen molar-refractivity contribution in [2.75, 3.05) is 0 Å². The number of benzene rings is 6. The van der Waals surface area contributed by atoms with E-state index >= 15 is 0 Å². The highest BCUT2D eigenvalue weighted by molar-refractivity contribution is 9.10. The van der Waals surface area contributed by atoms with Crippen LogP contribution in [0.2, 0.25) is 0 Å². The molecule has 1 aliphatic rings. The fraction of sp³-hybridized carbons (Fsp3) is 0.0698. The highest BCUT2D eigenvalue weighted by Crippen LogP contribution is 2.40. The summed E-state index contributed by atoms with van der Waals surface area (Å²) in [5, 5.41) is 2.52. The van der Waals surface area contributed by atoms with Crippen molar-refractivity contribution >= 4 is 37.7 Å². The monoisotopic (exact) mass is 641 g/mol. The Labute approximate surface area is 272 Å². The Kier molecular flexibility index (Phi) is 7.08. The van der Waals surface area contributed by atoms with Crippen LogP contribution in [-0.2, 0) is 0 Å². The number of rotatable bonds is 5. The molecule has 1 nitrogen and oxygen atoms in total. The summed E-state index contributed by atoms with van der Waals surface area (Å²) in [6.07, 6.45) is 9.00. The highest BCUT2D eigenvalue weighted by Gasteiger charge is 2.21. The van der Waals surface area contributed by atoms with E-state index in [1.54, 1.807) is 0 Å². The molecule has 2 atom stereocenters. The van der Waals surface area contributed by atoms with Crippen LogP contribution >= 0.6 is 15.9 Å². The lowest BCUT2D eigenvalue weighted by molar-refractivity contribution is 0.636. The van der Waals surface area contributed by atoms with E-state index in [2.05, 4.69) is 191 Å². The van der Waals surface area contributed by atoms with Gasteiger partial charge in [-0.15, -0.1) is 0 Å². The maximum atomic E-state index is 3.67. The Morgan fingerprint density at radius 1 is 0.511 bits per heavy atom. The average molecular weight is 643 g/mol. The number of halogens is 1. The molecule has 1 heterocycles. The number of aromatic nitrogens is 1. The molecule has 0 amide bonds. The molecule has 1 aromatic heterocycles. The summed E-state index contributed by atoms with van der Waals surface area (Å²) in [7, 11) is 0. The minimum atomic E-state index is 0.357. The summed E-state index contributed by atoms with van der Waals surface area (Å²) in [5.41, 5.74) is 12.3. The Morgan fingerprint density at radius 3 is 1.96 bits per heavy atom. The van der Waals surface area contributed by atoms with Gasteiger partial charge >= 0.3 is 0 Å². The van der Waals surface area contributed by atoms with Crippen molar-refractivity contribution in [3.63, 3.8) is 0 Å². The minimum Gasteiger partial charge on any atom is -0.309 e. The van der Waals surface area contributed by atoms with E-state index < -0.39 is 0 Å². The second-order valence-electron chi connectivity index (χ2n) is 11.9. The molecule has 7 aromatic rings. The van der Waals surface area contributed by atoms with Crippen molar-refractivity contribution in [1.82, 2.24) is 4.57 Å². The van der Waals surface area contributed by atoms with E-state index in [4.69, 9.17) is 0 Å². The molecule has 0 bridgehead atoms. The Bertz CT molecular complexity index is 2270. The molecule has 1 aliphatic carbocycles. The molecule has 0 fully saturated rings. The van der Waals surface area contributed by atoms with Crippen molar-refractivity contribution in [2.24, 2.45) is 5.92 Å². The van der Waals surface area contributed by atoms with Crippen LogP contribution in [0.15, 0.2) is 168 Å². The van der Waals surface area contributed by atoms with E-state index in [0.29, 0.717) is 11.8 Å². The van der Waals surface area contributed by atoms with Crippen molar-refractivity contribution in [2.45, 2.75) is 12.8 Å². The lowest BCUT2D eigenvalue weighted by Gasteiger charge is -2.24. The molecule has 2 unspecified atom stereocenters. The van der Waals surface area contributed by atoms with Crippen molar-refractivity contribution < 1.29 is 0 Å². The van der Waals surface area contributed by atoms with Crippen molar-refractivity contribution in [1.29, 1.82) is 0 Å². The molecule has 0 saturated carbocycles. The quantitative estimate of drug-likeness (QED) is 0.176. The first-order chi connectivity index (χ1) is 22.2. The standard InChI is InChI=1S/C43H32BrN/c1-29-12-2-3-17-35(29)39-21-7-6-20-38(39)31-14-11-16-34(27-31)45-42-23-9-8-22-40(42)41-25-24-32(28-43(41)45)37-19-5-4-18-36(37)30-13-10-15-33(44)26-30/h2-29,35H,1H3. The molecule has 0 aliphatic heterocycles. The van der Waals surface area contributed by atoms with E-state index in [1.165, 1.54) is 60.8 Å². The van der Waals surface area contributed by atoms with Gasteiger partial charge in [0, 0.05) is 26.9 Å². The van der Waals surface area contributed by atoms with Gasteiger partial charge in [0.05, 0.1) is 11.0 Å². The maximum absolute atomic E-state index is 3.67. The summed E-state index contributed by atoms with van der Waals surface area (Å²) >= 11 is 3.67. The van der Waals surface area contributed by atoms with Crippen LogP contribution in [0.1, 0.15) is 18.4 Å². The molecule has 8 rings (SSSR count). The predicted octanol–water partition coefficient (Wildman–Crippen LogP) is 12.4. The zero-order chi connectivity index (χ0) is 30.3. The van der Waals surface area contributed by atoms with Crippen LogP contribution in [-0.4, -0.2) is 4.57 Å². The second-order valence-corrected chi connectivity index (χ2v) is 12.8. The number of hydrogen-bond donors (Lipinski definition) is 0. The van der Waals surface area contributed by atoms with Gasteiger partial charge in [0.15, 0.2) is 0 Å². The van der Waals surface area contributed by atoms with Crippen LogP contribution in [0, 0.1) is 5.92 Å². The van der Waals surface area contributed by atoms with Crippen LogP contribution in [0.25, 0.3) is 60.9 Å². The van der Waals surface area contributed by atoms with Gasteiger partial charge in [0.1, 0.15) is 0 Å². The van der Waals surface area contributed by atoms with Crippen molar-refractivity contribution in [3.8, 4) is 39.1 Å². The van der Waals surface area contributed by atoms with E-state index in [-0.39, 0.29) is 0 Å². The molecule has 6 aromatic carbocycles. The SMILES string of the molecule is CC1C=CC=CC1c1ccccc1-c1cccc(-n2c3ccccc3c3ccc(-c4ccccc4-c4cccc(Br)c4)cc32)c1. The molecule has 2 heteroatoms. The number of fused-ring (bicyclic) bond motifs is 3. The smallest absolute Gasteiger partial charge is 0.0547 e. The third-order valence-electron chi connectivity index (χ3n) is 9.19. The zero-order valence-corrected chi connectivity index (χ0v) is 26.7. The minimum absolute atomic E-state index is 0.357. The van der Waals surface area contributed by atoms with Crippen LogP contribution < -0.4 is 0 Å². The zero-order valence-electron chi connectivity index (χ0n) is 25.1. The maximum Gasteiger partial charge on any atom is 0.0547 e. The van der Waals surface area contributed by atoms with Gasteiger partial charge in [0.2, 0.25) is 0 Å². The number of nitrogens with zero attached hydrogens (tertiary/aromatic N) is 1. The van der Waals surface area contributed by atoms with Crippen LogP contribution in [0.3, 0.4) is 0 Å². The average Bonchev–Trinajstić information content (AvgIpc) is 3.42. The Balaban J connectivity index is 1.31. The molecular formula is C43H32BrN. The molecule has 0 N–H and O–H groups in total. The summed E-state index contributed by atoms with van der Waals surface area (Å²) in [6, 6.07) is 50.9. The Hall–Kier alpha value is -4.92. The Morgan fingerprint density at radius 2 is 1.16 bits per heavy atom. The van der Waals surface area contributed by atoms with Crippen molar-refractivity contribution in [3.05, 3.63) is 174 Å². The van der Waals surface area contributed by atoms with Crippen LogP contribution in [0.4, 0.5) is 0 Å². The number of hydrogen-bond acceptors (Lipinski definition) is 0. The summed E-state index contributed by atoms with van der Waals surface area (Å²) in [4.78, 5) is 0. The van der Waals surface area contributed by atoms with E-state index in [9.17, 15) is 0 Å². The second kappa shape index (κ2) is 11.5. The highest BCUT2D eigenvalue weighted by atomic mass is 79.9. The van der Waals surface area contributed by atoms with E-state index in [0.717, 1.165) is 10.2 Å². The van der Waals surface area contributed by atoms with Gasteiger partial charge in [0.25, 0.3) is 0 Å². The largest absolute Gasteiger partial charge is 0.309 e.